The fraction of sp³-hybridized carbons (Fsp3) is 0.400. The molecule has 0 heterocycles. The molecule has 0 bridgehead atoms. The van der Waals surface area contributed by atoms with Crippen LogP contribution in [0.3, 0.4) is 0 Å². The van der Waals surface area contributed by atoms with Crippen LogP contribution in [0.5, 0.6) is 11.5 Å². The van der Waals surface area contributed by atoms with Crippen LogP contribution < -0.4 is 10.5 Å². The Kier molecular flexibility index (Phi) is 3.85. The second-order valence-corrected chi connectivity index (χ2v) is 3.10. The zero-order chi connectivity index (χ0) is 11.4. The van der Waals surface area contributed by atoms with Gasteiger partial charge in [0, 0.05) is 11.6 Å². The van der Waals surface area contributed by atoms with E-state index < -0.39 is 17.4 Å². The molecular weight excluding hydrogens is 204 g/mol. The minimum atomic E-state index is -0.943. The highest BCUT2D eigenvalue weighted by atomic mass is 19.1. The van der Waals surface area contributed by atoms with Crippen molar-refractivity contribution >= 4 is 0 Å². The highest BCUT2D eigenvalue weighted by Crippen LogP contribution is 2.30. The van der Waals surface area contributed by atoms with Crippen LogP contribution in [-0.4, -0.2) is 18.8 Å². The molecule has 5 heteroatoms. The number of nitrogens with two attached hydrogens (primary N) is 1. The van der Waals surface area contributed by atoms with Crippen molar-refractivity contribution in [2.75, 3.05) is 13.7 Å². The fourth-order valence-electron chi connectivity index (χ4n) is 1.30. The van der Waals surface area contributed by atoms with E-state index in [-0.39, 0.29) is 17.7 Å². The first-order valence-corrected chi connectivity index (χ1v) is 4.55. The summed E-state index contributed by atoms with van der Waals surface area (Å²) in [7, 11) is 1.25. The van der Waals surface area contributed by atoms with E-state index in [2.05, 4.69) is 4.74 Å². The van der Waals surface area contributed by atoms with Gasteiger partial charge in [-0.3, -0.25) is 0 Å². The Balaban J connectivity index is 3.15. The lowest BCUT2D eigenvalue weighted by Gasteiger charge is -2.09. The number of methoxy groups -OCH3 is 1. The van der Waals surface area contributed by atoms with Crippen LogP contribution in [0.15, 0.2) is 6.07 Å². The normalized spacial score (nSPS) is 10.4. The van der Waals surface area contributed by atoms with Gasteiger partial charge in [-0.2, -0.15) is 0 Å². The molecule has 0 saturated carbocycles. The second kappa shape index (κ2) is 4.93. The summed E-state index contributed by atoms with van der Waals surface area (Å²) in [5, 5.41) is 9.18. The van der Waals surface area contributed by atoms with Crippen molar-refractivity contribution in [1.82, 2.24) is 0 Å². The van der Waals surface area contributed by atoms with Crippen molar-refractivity contribution in [3.8, 4) is 11.5 Å². The molecule has 0 aliphatic rings. The first kappa shape index (κ1) is 11.7. The Hall–Kier alpha value is -1.36. The van der Waals surface area contributed by atoms with E-state index in [4.69, 9.17) is 5.73 Å². The molecule has 15 heavy (non-hydrogen) atoms. The van der Waals surface area contributed by atoms with Crippen LogP contribution in [0.2, 0.25) is 0 Å². The van der Waals surface area contributed by atoms with E-state index in [9.17, 15) is 13.9 Å². The summed E-state index contributed by atoms with van der Waals surface area (Å²) in [4.78, 5) is 0. The molecule has 0 aromatic heterocycles. The van der Waals surface area contributed by atoms with Crippen molar-refractivity contribution in [2.45, 2.75) is 12.8 Å². The molecule has 0 aliphatic heterocycles. The van der Waals surface area contributed by atoms with E-state index in [1.165, 1.54) is 7.11 Å². The van der Waals surface area contributed by atoms with E-state index in [0.717, 1.165) is 6.07 Å². The molecule has 0 unspecified atom stereocenters. The van der Waals surface area contributed by atoms with Gasteiger partial charge in [0.1, 0.15) is 0 Å². The zero-order valence-corrected chi connectivity index (χ0v) is 8.39. The van der Waals surface area contributed by atoms with Crippen LogP contribution >= 0.6 is 0 Å². The van der Waals surface area contributed by atoms with Crippen LogP contribution in [0, 0.1) is 11.6 Å². The van der Waals surface area contributed by atoms with Gasteiger partial charge in [-0.15, -0.1) is 0 Å². The number of phenolic OH excluding ortho intramolecular Hbond substituents is 1. The second-order valence-electron chi connectivity index (χ2n) is 3.10. The summed E-state index contributed by atoms with van der Waals surface area (Å²) in [6.45, 7) is 0.330. The lowest BCUT2D eigenvalue weighted by atomic mass is 10.1. The molecule has 0 radical (unpaired) electrons. The SMILES string of the molecule is COc1cc(O)c(F)c(CCCN)c1F. The molecule has 0 saturated heterocycles. The molecule has 1 aromatic carbocycles. The molecule has 3 nitrogen and oxygen atoms in total. The van der Waals surface area contributed by atoms with Crippen molar-refractivity contribution < 1.29 is 18.6 Å². The van der Waals surface area contributed by atoms with Crippen LogP contribution in [0.1, 0.15) is 12.0 Å². The van der Waals surface area contributed by atoms with Gasteiger partial charge >= 0.3 is 0 Å². The predicted molar refractivity (Wildman–Crippen MR) is 52.0 cm³/mol. The van der Waals surface area contributed by atoms with Crippen LogP contribution in [0.25, 0.3) is 0 Å². The average Bonchev–Trinajstić information content (AvgIpc) is 2.23. The Labute approximate surface area is 86.5 Å². The van der Waals surface area contributed by atoms with E-state index in [1.54, 1.807) is 0 Å². The van der Waals surface area contributed by atoms with Gasteiger partial charge in [-0.05, 0) is 19.4 Å². The van der Waals surface area contributed by atoms with Gasteiger partial charge in [-0.1, -0.05) is 0 Å². The summed E-state index contributed by atoms with van der Waals surface area (Å²) in [5.41, 5.74) is 5.06. The molecule has 0 aliphatic carbocycles. The smallest absolute Gasteiger partial charge is 0.171 e. The molecule has 0 atom stereocenters. The predicted octanol–water partition coefficient (Wildman–Crippen LogP) is 1.57. The Morgan fingerprint density at radius 2 is 2.07 bits per heavy atom. The maximum atomic E-state index is 13.5. The topological polar surface area (TPSA) is 55.5 Å². The molecule has 0 fully saturated rings. The van der Waals surface area contributed by atoms with Gasteiger partial charge in [0.25, 0.3) is 0 Å². The number of hydrogen-bond donors (Lipinski definition) is 2. The van der Waals surface area contributed by atoms with Gasteiger partial charge < -0.3 is 15.6 Å². The summed E-state index contributed by atoms with van der Waals surface area (Å²) < 4.78 is 31.5. The minimum Gasteiger partial charge on any atom is -0.505 e. The number of hydrogen-bond acceptors (Lipinski definition) is 3. The van der Waals surface area contributed by atoms with Crippen molar-refractivity contribution in [3.63, 3.8) is 0 Å². The first-order chi connectivity index (χ1) is 7.11. The van der Waals surface area contributed by atoms with Crippen molar-refractivity contribution in [3.05, 3.63) is 23.3 Å². The minimum absolute atomic E-state index is 0.138. The summed E-state index contributed by atoms with van der Waals surface area (Å²) in [5.74, 6) is -2.50. The van der Waals surface area contributed by atoms with Gasteiger partial charge in [0.15, 0.2) is 23.1 Å². The number of halogens is 2. The Morgan fingerprint density at radius 3 is 2.60 bits per heavy atom. The monoisotopic (exact) mass is 217 g/mol. The first-order valence-electron chi connectivity index (χ1n) is 4.55. The van der Waals surface area contributed by atoms with Gasteiger partial charge in [0.2, 0.25) is 0 Å². The Bertz CT molecular complexity index is 356. The van der Waals surface area contributed by atoms with E-state index in [0.29, 0.717) is 13.0 Å². The lowest BCUT2D eigenvalue weighted by Crippen LogP contribution is -2.05. The quantitative estimate of drug-likeness (QED) is 0.804. The molecule has 3 N–H and O–H groups in total. The number of aromatic hydroxyl groups is 1. The molecule has 0 spiro atoms. The largest absolute Gasteiger partial charge is 0.505 e. The summed E-state index contributed by atoms with van der Waals surface area (Å²) in [6.07, 6.45) is 0.583. The third-order valence-electron chi connectivity index (χ3n) is 2.09. The zero-order valence-electron chi connectivity index (χ0n) is 8.39. The molecule has 84 valence electrons. The molecule has 0 amide bonds. The van der Waals surface area contributed by atoms with E-state index in [1.807, 2.05) is 0 Å². The lowest BCUT2D eigenvalue weighted by molar-refractivity contribution is 0.365. The van der Waals surface area contributed by atoms with Crippen molar-refractivity contribution in [1.29, 1.82) is 0 Å². The highest BCUT2D eigenvalue weighted by molar-refractivity contribution is 5.41. The third-order valence-corrected chi connectivity index (χ3v) is 2.09. The summed E-state index contributed by atoms with van der Waals surface area (Å²) in [6, 6.07) is 0.913. The van der Waals surface area contributed by atoms with E-state index >= 15 is 0 Å². The maximum absolute atomic E-state index is 13.5. The standard InChI is InChI=1S/C10H13F2NO2/c1-15-8-5-7(14)9(11)6(10(8)12)3-2-4-13/h5,14H,2-4,13H2,1H3. The molecule has 1 aromatic rings. The number of phenols is 1. The van der Waals surface area contributed by atoms with Gasteiger partial charge in [0.05, 0.1) is 7.11 Å². The van der Waals surface area contributed by atoms with Crippen LogP contribution in [0.4, 0.5) is 8.78 Å². The third kappa shape index (κ3) is 2.36. The number of ether oxygens (including phenoxy) is 1. The number of benzene rings is 1. The highest BCUT2D eigenvalue weighted by Gasteiger charge is 2.18. The number of rotatable bonds is 4. The summed E-state index contributed by atoms with van der Waals surface area (Å²) >= 11 is 0. The maximum Gasteiger partial charge on any atom is 0.171 e. The van der Waals surface area contributed by atoms with Crippen molar-refractivity contribution in [2.24, 2.45) is 5.73 Å². The molecular formula is C10H13F2NO2. The Morgan fingerprint density at radius 1 is 1.40 bits per heavy atom. The molecule has 1 rings (SSSR count). The van der Waals surface area contributed by atoms with Crippen LogP contribution in [-0.2, 0) is 6.42 Å². The van der Waals surface area contributed by atoms with Gasteiger partial charge in [-0.25, -0.2) is 8.78 Å². The average molecular weight is 217 g/mol. The fourth-order valence-corrected chi connectivity index (χ4v) is 1.30.